The predicted molar refractivity (Wildman–Crippen MR) is 153 cm³/mol. The first-order valence-electron chi connectivity index (χ1n) is 12.3. The molecule has 0 saturated carbocycles. The number of carbonyl (C=O) groups excluding carboxylic acids is 1. The summed E-state index contributed by atoms with van der Waals surface area (Å²) in [5, 5.41) is 13.6. The normalized spacial score (nSPS) is 11.5. The highest BCUT2D eigenvalue weighted by Gasteiger charge is 2.30. The van der Waals surface area contributed by atoms with Gasteiger partial charge in [0.2, 0.25) is 0 Å². The fourth-order valence-electron chi connectivity index (χ4n) is 4.58. The number of fused-ring (bicyclic) bond motifs is 1. The van der Waals surface area contributed by atoms with Crippen LogP contribution in [0.15, 0.2) is 91.1 Å². The van der Waals surface area contributed by atoms with Crippen LogP contribution in [0.5, 0.6) is 0 Å². The number of amides is 1. The van der Waals surface area contributed by atoms with Gasteiger partial charge in [0.05, 0.1) is 22.2 Å². The van der Waals surface area contributed by atoms with Crippen LogP contribution in [0.2, 0.25) is 10.0 Å². The molecule has 1 heterocycles. The molecule has 1 amide bonds. The second kappa shape index (κ2) is 11.3. The van der Waals surface area contributed by atoms with Crippen LogP contribution in [0.25, 0.3) is 22.0 Å². The summed E-state index contributed by atoms with van der Waals surface area (Å²) < 4.78 is 40.9. The lowest BCUT2D eigenvalue weighted by atomic mass is 9.99. The Morgan fingerprint density at radius 2 is 1.41 bits per heavy atom. The summed E-state index contributed by atoms with van der Waals surface area (Å²) in [6, 6.07) is 21.6. The zero-order chi connectivity index (χ0) is 29.3. The van der Waals surface area contributed by atoms with E-state index in [1.165, 1.54) is 24.3 Å². The molecule has 0 aliphatic heterocycles. The average Bonchev–Trinajstić information content (AvgIpc) is 3.33. The van der Waals surface area contributed by atoms with Crippen molar-refractivity contribution in [3.63, 3.8) is 0 Å². The van der Waals surface area contributed by atoms with Crippen molar-refractivity contribution in [1.29, 1.82) is 0 Å². The summed E-state index contributed by atoms with van der Waals surface area (Å²) in [4.78, 5) is 24.7. The van der Waals surface area contributed by atoms with Crippen molar-refractivity contribution < 1.29 is 27.9 Å². The van der Waals surface area contributed by atoms with Gasteiger partial charge in [0, 0.05) is 34.7 Å². The maximum absolute atomic E-state index is 13.6. The molecular weight excluding hydrogens is 576 g/mol. The van der Waals surface area contributed by atoms with Crippen LogP contribution >= 0.6 is 23.2 Å². The van der Waals surface area contributed by atoms with Crippen molar-refractivity contribution in [2.75, 3.05) is 0 Å². The molecule has 41 heavy (non-hydrogen) atoms. The highest BCUT2D eigenvalue weighted by atomic mass is 35.5. The Bertz CT molecular complexity index is 1740. The minimum absolute atomic E-state index is 0.135. The molecule has 0 saturated heterocycles. The SMILES string of the molecule is O=C(O)c1ccc(CNC(=O)c2cc(-c3cc(Cl)cc(Cl)c3)cc3ccn(Cc4ccc(C(F)(F)F)cc4)c23)cc1. The molecule has 4 aromatic carbocycles. The lowest BCUT2D eigenvalue weighted by Crippen LogP contribution is -2.23. The highest BCUT2D eigenvalue weighted by Crippen LogP contribution is 2.33. The zero-order valence-electron chi connectivity index (χ0n) is 21.2. The van der Waals surface area contributed by atoms with Gasteiger partial charge in [-0.2, -0.15) is 13.2 Å². The van der Waals surface area contributed by atoms with Gasteiger partial charge in [-0.05, 0) is 82.9 Å². The molecule has 2 N–H and O–H groups in total. The average molecular weight is 597 g/mol. The lowest BCUT2D eigenvalue weighted by Gasteiger charge is -2.14. The van der Waals surface area contributed by atoms with Crippen LogP contribution in [0.3, 0.4) is 0 Å². The Balaban J connectivity index is 1.52. The smallest absolute Gasteiger partial charge is 0.416 e. The molecule has 5 nitrogen and oxygen atoms in total. The van der Waals surface area contributed by atoms with Crippen molar-refractivity contribution in [1.82, 2.24) is 9.88 Å². The molecule has 0 aliphatic rings. The van der Waals surface area contributed by atoms with E-state index < -0.39 is 17.7 Å². The molecule has 208 valence electrons. The number of carboxylic acid groups (broad SMARTS) is 1. The van der Waals surface area contributed by atoms with Gasteiger partial charge in [0.1, 0.15) is 0 Å². The largest absolute Gasteiger partial charge is 0.478 e. The maximum atomic E-state index is 13.6. The molecule has 5 rings (SSSR count). The molecule has 0 aliphatic carbocycles. The molecule has 10 heteroatoms. The number of nitrogens with one attached hydrogen (secondary N) is 1. The molecule has 0 unspecified atom stereocenters. The monoisotopic (exact) mass is 596 g/mol. The molecule has 5 aromatic rings. The topological polar surface area (TPSA) is 71.3 Å². The third kappa shape index (κ3) is 6.39. The van der Waals surface area contributed by atoms with Gasteiger partial charge in [-0.1, -0.05) is 47.5 Å². The van der Waals surface area contributed by atoms with E-state index in [0.29, 0.717) is 43.4 Å². The Labute approximate surface area is 242 Å². The fourth-order valence-corrected chi connectivity index (χ4v) is 5.11. The van der Waals surface area contributed by atoms with Gasteiger partial charge in [-0.15, -0.1) is 0 Å². The summed E-state index contributed by atoms with van der Waals surface area (Å²) in [7, 11) is 0. The summed E-state index contributed by atoms with van der Waals surface area (Å²) in [6.45, 7) is 0.383. The number of halogens is 5. The predicted octanol–water partition coefficient (Wildman–Crippen LogP) is 8.31. The van der Waals surface area contributed by atoms with Gasteiger partial charge >= 0.3 is 12.1 Å². The molecule has 0 radical (unpaired) electrons. The first kappa shape index (κ1) is 28.3. The second-order valence-corrected chi connectivity index (χ2v) is 10.3. The van der Waals surface area contributed by atoms with E-state index in [1.807, 2.05) is 16.7 Å². The Morgan fingerprint density at radius 3 is 2.02 bits per heavy atom. The third-order valence-corrected chi connectivity index (χ3v) is 7.03. The van der Waals surface area contributed by atoms with Crippen molar-refractivity contribution in [2.24, 2.45) is 0 Å². The highest BCUT2D eigenvalue weighted by molar-refractivity contribution is 6.35. The van der Waals surface area contributed by atoms with Crippen LogP contribution in [-0.4, -0.2) is 21.6 Å². The second-order valence-electron chi connectivity index (χ2n) is 9.44. The standard InChI is InChI=1S/C31H21Cl2F3N2O3/c32-25-12-23(13-26(33)15-25)22-11-21-9-10-38(17-19-3-7-24(8-4-19)31(34,35)36)28(21)27(14-22)29(39)37-16-18-1-5-20(6-2-18)30(40)41/h1-15H,16-17H2,(H,37,39)(H,40,41). The molecular formula is C31H21Cl2F3N2O3. The number of nitrogens with zero attached hydrogens (tertiary/aromatic N) is 1. The van der Waals surface area contributed by atoms with E-state index in [-0.39, 0.29) is 24.6 Å². The Hall–Kier alpha value is -4.27. The van der Waals surface area contributed by atoms with Crippen LogP contribution in [0.4, 0.5) is 13.2 Å². The number of hydrogen-bond donors (Lipinski definition) is 2. The summed E-state index contributed by atoms with van der Waals surface area (Å²) in [5.74, 6) is -1.44. The number of aromatic carboxylic acids is 1. The first-order valence-corrected chi connectivity index (χ1v) is 13.1. The van der Waals surface area contributed by atoms with Crippen molar-refractivity contribution in [2.45, 2.75) is 19.3 Å². The van der Waals surface area contributed by atoms with Crippen molar-refractivity contribution in [3.8, 4) is 11.1 Å². The van der Waals surface area contributed by atoms with Crippen LogP contribution < -0.4 is 5.32 Å². The number of benzene rings is 4. The van der Waals surface area contributed by atoms with Crippen molar-refractivity contribution >= 4 is 46.0 Å². The third-order valence-electron chi connectivity index (χ3n) is 6.59. The molecule has 0 bridgehead atoms. The number of carbonyl (C=O) groups is 2. The van der Waals surface area contributed by atoms with Gasteiger partial charge in [0.25, 0.3) is 5.91 Å². The number of alkyl halides is 3. The van der Waals surface area contributed by atoms with Crippen LogP contribution in [-0.2, 0) is 19.3 Å². The quantitative estimate of drug-likeness (QED) is 0.198. The number of carboxylic acids is 1. The maximum Gasteiger partial charge on any atom is 0.416 e. The van der Waals surface area contributed by atoms with Gasteiger partial charge in [0.15, 0.2) is 0 Å². The van der Waals surface area contributed by atoms with Crippen LogP contribution in [0, 0.1) is 0 Å². The van der Waals surface area contributed by atoms with Crippen molar-refractivity contribution in [3.05, 3.63) is 129 Å². The minimum Gasteiger partial charge on any atom is -0.478 e. The Morgan fingerprint density at radius 1 is 0.805 bits per heavy atom. The van der Waals surface area contributed by atoms with Crippen LogP contribution in [0.1, 0.15) is 37.4 Å². The van der Waals surface area contributed by atoms with Gasteiger partial charge in [-0.3, -0.25) is 4.79 Å². The van der Waals surface area contributed by atoms with E-state index in [1.54, 1.807) is 42.6 Å². The molecule has 0 spiro atoms. The van der Waals surface area contributed by atoms with E-state index in [2.05, 4.69) is 5.32 Å². The summed E-state index contributed by atoms with van der Waals surface area (Å²) in [6.07, 6.45) is -2.66. The number of aromatic nitrogens is 1. The fraction of sp³-hybridized carbons (Fsp3) is 0.0968. The van der Waals surface area contributed by atoms with E-state index in [9.17, 15) is 22.8 Å². The summed E-state index contributed by atoms with van der Waals surface area (Å²) in [5.41, 5.74) is 3.08. The van der Waals surface area contributed by atoms with Gasteiger partial charge in [-0.25, -0.2) is 4.79 Å². The minimum atomic E-state index is -4.43. The van der Waals surface area contributed by atoms with Gasteiger partial charge < -0.3 is 15.0 Å². The van der Waals surface area contributed by atoms with E-state index >= 15 is 0 Å². The zero-order valence-corrected chi connectivity index (χ0v) is 22.7. The first-order chi connectivity index (χ1) is 19.5. The van der Waals surface area contributed by atoms with E-state index in [4.69, 9.17) is 28.3 Å². The summed E-state index contributed by atoms with van der Waals surface area (Å²) >= 11 is 12.5. The molecule has 0 atom stereocenters. The molecule has 1 aromatic heterocycles. The van der Waals surface area contributed by atoms with E-state index in [0.717, 1.165) is 17.5 Å². The molecule has 0 fully saturated rings. The number of rotatable bonds is 7. The lowest BCUT2D eigenvalue weighted by molar-refractivity contribution is -0.137. The Kier molecular flexibility index (Phi) is 7.80. The number of hydrogen-bond acceptors (Lipinski definition) is 2.